The smallest absolute Gasteiger partial charge is 0.263 e. The first-order chi connectivity index (χ1) is 10.5. The number of hydrogen-bond donors (Lipinski definition) is 1. The maximum Gasteiger partial charge on any atom is 0.263 e. The van der Waals surface area contributed by atoms with Crippen molar-refractivity contribution in [3.63, 3.8) is 0 Å². The summed E-state index contributed by atoms with van der Waals surface area (Å²) in [6.45, 7) is 1.59. The lowest BCUT2D eigenvalue weighted by Gasteiger charge is -2.39. The summed E-state index contributed by atoms with van der Waals surface area (Å²) in [5.74, 6) is -0.0320. The minimum atomic E-state index is -3.47. The second-order valence-corrected chi connectivity index (χ2v) is 9.15. The molecule has 1 spiro atoms. The zero-order valence-corrected chi connectivity index (χ0v) is 14.4. The van der Waals surface area contributed by atoms with Gasteiger partial charge in [0.2, 0.25) is 10.0 Å². The molecular formula is C15H22N2O3S2. The Morgan fingerprint density at radius 2 is 1.86 bits per heavy atom. The molecule has 7 heteroatoms. The number of hydrogen-bond acceptors (Lipinski definition) is 4. The number of rotatable bonds is 3. The van der Waals surface area contributed by atoms with Gasteiger partial charge in [-0.15, -0.1) is 11.3 Å². The second kappa shape index (κ2) is 5.94. The molecule has 0 aromatic carbocycles. The topological polar surface area (TPSA) is 66.5 Å². The number of carbonyl (C=O) groups is 1. The molecule has 22 heavy (non-hydrogen) atoms. The quantitative estimate of drug-likeness (QED) is 0.917. The van der Waals surface area contributed by atoms with Crippen molar-refractivity contribution in [3.05, 3.63) is 16.3 Å². The van der Waals surface area contributed by atoms with Crippen molar-refractivity contribution in [2.45, 2.75) is 43.4 Å². The van der Waals surface area contributed by atoms with E-state index >= 15 is 0 Å². The van der Waals surface area contributed by atoms with E-state index in [-0.39, 0.29) is 10.8 Å². The molecule has 1 aliphatic carbocycles. The van der Waals surface area contributed by atoms with Gasteiger partial charge >= 0.3 is 0 Å². The highest BCUT2D eigenvalue weighted by Crippen LogP contribution is 2.46. The molecule has 1 aromatic heterocycles. The first-order valence-electron chi connectivity index (χ1n) is 7.77. The summed E-state index contributed by atoms with van der Waals surface area (Å²) < 4.78 is 25.8. The second-order valence-electron chi connectivity index (χ2n) is 6.35. The standard InChI is InChI=1S/C15H22N2O3S2/c1-16-22(19,20)12-10-13(21-11-12)14(18)17-8-6-15(7-9-17)4-2-3-5-15/h10-11,16H,2-9H2,1H3. The van der Waals surface area contributed by atoms with Crippen LogP contribution in [0, 0.1) is 5.41 Å². The van der Waals surface area contributed by atoms with Crippen LogP contribution in [0.15, 0.2) is 16.3 Å². The maximum absolute atomic E-state index is 12.6. The number of sulfonamides is 1. The number of piperidine rings is 1. The Kier molecular flexibility index (Phi) is 4.31. The van der Waals surface area contributed by atoms with Crippen LogP contribution in [-0.4, -0.2) is 39.4 Å². The Morgan fingerprint density at radius 1 is 1.23 bits per heavy atom. The highest BCUT2D eigenvalue weighted by atomic mass is 32.2. The van der Waals surface area contributed by atoms with Crippen LogP contribution >= 0.6 is 11.3 Å². The summed E-state index contributed by atoms with van der Waals surface area (Å²) in [6, 6.07) is 1.48. The molecule has 2 heterocycles. The SMILES string of the molecule is CNS(=O)(=O)c1csc(C(=O)N2CCC3(CCCC3)CC2)c1. The molecule has 0 radical (unpaired) electrons. The Morgan fingerprint density at radius 3 is 2.45 bits per heavy atom. The predicted octanol–water partition coefficient (Wildman–Crippen LogP) is 2.45. The fraction of sp³-hybridized carbons (Fsp3) is 0.667. The normalized spacial score (nSPS) is 21.4. The molecule has 3 rings (SSSR count). The third-order valence-electron chi connectivity index (χ3n) is 5.14. The molecule has 0 atom stereocenters. The highest BCUT2D eigenvalue weighted by Gasteiger charge is 2.38. The summed E-state index contributed by atoms with van der Waals surface area (Å²) in [7, 11) is -2.09. The lowest BCUT2D eigenvalue weighted by molar-refractivity contribution is 0.0592. The van der Waals surface area contributed by atoms with Gasteiger partial charge in [0.25, 0.3) is 5.91 Å². The van der Waals surface area contributed by atoms with Crippen LogP contribution < -0.4 is 4.72 Å². The summed E-state index contributed by atoms with van der Waals surface area (Å²) in [5, 5.41) is 1.53. The Labute approximate surface area is 135 Å². The van der Waals surface area contributed by atoms with Crippen LogP contribution in [-0.2, 0) is 10.0 Å². The number of carbonyl (C=O) groups excluding carboxylic acids is 1. The Balaban J connectivity index is 1.68. The van der Waals surface area contributed by atoms with Crippen molar-refractivity contribution in [2.75, 3.05) is 20.1 Å². The fourth-order valence-corrected chi connectivity index (χ4v) is 5.63. The number of thiophene rings is 1. The molecule has 1 saturated carbocycles. The molecular weight excluding hydrogens is 320 g/mol. The molecule has 1 aromatic rings. The van der Waals surface area contributed by atoms with E-state index < -0.39 is 10.0 Å². The van der Waals surface area contributed by atoms with E-state index in [0.29, 0.717) is 10.3 Å². The number of amides is 1. The van der Waals surface area contributed by atoms with Gasteiger partial charge in [-0.1, -0.05) is 12.8 Å². The average molecular weight is 342 g/mol. The van der Waals surface area contributed by atoms with Crippen molar-refractivity contribution >= 4 is 27.3 Å². The molecule has 0 bridgehead atoms. The van der Waals surface area contributed by atoms with Crippen LogP contribution in [0.25, 0.3) is 0 Å². The van der Waals surface area contributed by atoms with Crippen LogP contribution in [0.1, 0.15) is 48.2 Å². The molecule has 1 saturated heterocycles. The molecule has 1 aliphatic heterocycles. The lowest BCUT2D eigenvalue weighted by Crippen LogP contribution is -2.42. The third-order valence-corrected chi connectivity index (χ3v) is 7.60. The van der Waals surface area contributed by atoms with E-state index in [1.165, 1.54) is 55.5 Å². The van der Waals surface area contributed by atoms with E-state index in [0.717, 1.165) is 25.9 Å². The summed E-state index contributed by atoms with van der Waals surface area (Å²) >= 11 is 1.21. The summed E-state index contributed by atoms with van der Waals surface area (Å²) in [6.07, 6.45) is 7.43. The van der Waals surface area contributed by atoms with Crippen molar-refractivity contribution in [1.29, 1.82) is 0 Å². The molecule has 1 N–H and O–H groups in total. The lowest BCUT2D eigenvalue weighted by atomic mass is 9.77. The van der Waals surface area contributed by atoms with Crippen LogP contribution in [0.3, 0.4) is 0 Å². The van der Waals surface area contributed by atoms with Gasteiger partial charge in [0.15, 0.2) is 0 Å². The van der Waals surface area contributed by atoms with Crippen molar-refractivity contribution in [2.24, 2.45) is 5.41 Å². The molecule has 1 amide bonds. The zero-order valence-electron chi connectivity index (χ0n) is 12.8. The monoisotopic (exact) mass is 342 g/mol. The zero-order chi connectivity index (χ0) is 15.8. The van der Waals surface area contributed by atoms with Gasteiger partial charge in [-0.25, -0.2) is 13.1 Å². The fourth-order valence-electron chi connectivity index (χ4n) is 3.65. The molecule has 2 aliphatic rings. The predicted molar refractivity (Wildman–Crippen MR) is 86.6 cm³/mol. The van der Waals surface area contributed by atoms with Gasteiger partial charge in [-0.05, 0) is 44.2 Å². The summed E-state index contributed by atoms with van der Waals surface area (Å²) in [4.78, 5) is 15.1. The van der Waals surface area contributed by atoms with Crippen LogP contribution in [0.5, 0.6) is 0 Å². The van der Waals surface area contributed by atoms with Crippen molar-refractivity contribution in [3.8, 4) is 0 Å². The van der Waals surface area contributed by atoms with Crippen molar-refractivity contribution in [1.82, 2.24) is 9.62 Å². The van der Waals surface area contributed by atoms with Gasteiger partial charge in [-0.3, -0.25) is 4.79 Å². The molecule has 122 valence electrons. The van der Waals surface area contributed by atoms with E-state index in [1.807, 2.05) is 4.90 Å². The van der Waals surface area contributed by atoms with Gasteiger partial charge < -0.3 is 4.90 Å². The summed E-state index contributed by atoms with van der Waals surface area (Å²) in [5.41, 5.74) is 0.479. The van der Waals surface area contributed by atoms with Gasteiger partial charge in [0, 0.05) is 18.5 Å². The first kappa shape index (κ1) is 16.0. The van der Waals surface area contributed by atoms with E-state index in [2.05, 4.69) is 4.72 Å². The van der Waals surface area contributed by atoms with E-state index in [1.54, 1.807) is 0 Å². The first-order valence-corrected chi connectivity index (χ1v) is 10.1. The van der Waals surface area contributed by atoms with Gasteiger partial charge in [0.05, 0.1) is 9.77 Å². The largest absolute Gasteiger partial charge is 0.338 e. The number of likely N-dealkylation sites (tertiary alicyclic amines) is 1. The van der Waals surface area contributed by atoms with Gasteiger partial charge in [0.1, 0.15) is 0 Å². The number of nitrogens with one attached hydrogen (secondary N) is 1. The average Bonchev–Trinajstić information content (AvgIpc) is 3.17. The Hall–Kier alpha value is -0.920. The third kappa shape index (κ3) is 2.94. The van der Waals surface area contributed by atoms with Crippen LogP contribution in [0.4, 0.5) is 0 Å². The van der Waals surface area contributed by atoms with Crippen molar-refractivity contribution < 1.29 is 13.2 Å². The van der Waals surface area contributed by atoms with E-state index in [4.69, 9.17) is 0 Å². The van der Waals surface area contributed by atoms with Crippen LogP contribution in [0.2, 0.25) is 0 Å². The maximum atomic E-state index is 12.6. The van der Waals surface area contributed by atoms with Gasteiger partial charge in [-0.2, -0.15) is 0 Å². The highest BCUT2D eigenvalue weighted by molar-refractivity contribution is 7.89. The number of nitrogens with zero attached hydrogens (tertiary/aromatic N) is 1. The molecule has 5 nitrogen and oxygen atoms in total. The molecule has 0 unspecified atom stereocenters. The van der Waals surface area contributed by atoms with E-state index in [9.17, 15) is 13.2 Å². The minimum absolute atomic E-state index is 0.0320. The molecule has 2 fully saturated rings. The Bertz CT molecular complexity index is 650. The minimum Gasteiger partial charge on any atom is -0.338 e.